The molecular weight excluding hydrogens is 542 g/mol. The second-order valence-corrected chi connectivity index (χ2v) is 11.8. The monoisotopic (exact) mass is 581 g/mol. The Morgan fingerprint density at radius 2 is 1.39 bits per heavy atom. The maximum Gasteiger partial charge on any atom is 0.264 e. The second kappa shape index (κ2) is 14.0. The number of carbonyl (C=O) groups is 2. The Balaban J connectivity index is 2.05. The summed E-state index contributed by atoms with van der Waals surface area (Å²) in [6.07, 6.45) is 0.343. The van der Waals surface area contributed by atoms with Gasteiger partial charge in [-0.2, -0.15) is 0 Å². The van der Waals surface area contributed by atoms with E-state index in [2.05, 4.69) is 5.32 Å². The first-order chi connectivity index (χ1) is 19.5. The molecule has 2 amide bonds. The molecule has 1 N–H and O–H groups in total. The molecule has 3 rings (SSSR count). The minimum absolute atomic E-state index is 0.0120. The van der Waals surface area contributed by atoms with E-state index in [-0.39, 0.29) is 23.4 Å². The van der Waals surface area contributed by atoms with Gasteiger partial charge in [-0.25, -0.2) is 8.42 Å². The lowest BCUT2D eigenvalue weighted by Crippen LogP contribution is -2.53. The van der Waals surface area contributed by atoms with Gasteiger partial charge in [-0.05, 0) is 81.3 Å². The molecule has 0 saturated carbocycles. The van der Waals surface area contributed by atoms with Crippen molar-refractivity contribution in [3.05, 3.63) is 83.9 Å². The quantitative estimate of drug-likeness (QED) is 0.318. The number of hydrogen-bond donors (Lipinski definition) is 1. The standard InChI is InChI=1S/C31H39N3O6S/c1-7-29(31(36)32-22(2)3)33(20-24-10-14-26(39-5)15-11-24)30(35)21-34(25-12-8-23(4)9-13-25)41(37,38)28-18-16-27(40-6)17-19-28/h8-19,22,29H,7,20-21H2,1-6H3,(H,32,36). The minimum atomic E-state index is -4.16. The molecule has 10 heteroatoms. The van der Waals surface area contributed by atoms with Crippen LogP contribution in [0, 0.1) is 6.92 Å². The van der Waals surface area contributed by atoms with Crippen LogP contribution in [0.4, 0.5) is 5.69 Å². The number of anilines is 1. The van der Waals surface area contributed by atoms with Gasteiger partial charge in [0.15, 0.2) is 0 Å². The fourth-order valence-electron chi connectivity index (χ4n) is 4.34. The normalized spacial score (nSPS) is 12.0. The number of aryl methyl sites for hydroxylation is 1. The molecule has 0 aromatic heterocycles. The van der Waals surface area contributed by atoms with Crippen molar-refractivity contribution in [2.45, 2.75) is 57.6 Å². The van der Waals surface area contributed by atoms with E-state index in [0.29, 0.717) is 23.6 Å². The van der Waals surface area contributed by atoms with Crippen LogP contribution in [-0.2, 0) is 26.2 Å². The summed E-state index contributed by atoms with van der Waals surface area (Å²) in [5.41, 5.74) is 2.05. The van der Waals surface area contributed by atoms with Crippen LogP contribution in [-0.4, -0.2) is 58.0 Å². The zero-order chi connectivity index (χ0) is 30.2. The first-order valence-electron chi connectivity index (χ1n) is 13.5. The van der Waals surface area contributed by atoms with Crippen LogP contribution >= 0.6 is 0 Å². The average Bonchev–Trinajstić information content (AvgIpc) is 2.96. The molecule has 3 aromatic carbocycles. The molecule has 1 unspecified atom stereocenters. The van der Waals surface area contributed by atoms with Crippen molar-refractivity contribution in [3.63, 3.8) is 0 Å². The smallest absolute Gasteiger partial charge is 0.264 e. The Labute approximate surface area is 243 Å². The summed E-state index contributed by atoms with van der Waals surface area (Å²) in [6.45, 7) is 7.02. The summed E-state index contributed by atoms with van der Waals surface area (Å²) in [5, 5.41) is 2.89. The predicted molar refractivity (Wildman–Crippen MR) is 160 cm³/mol. The van der Waals surface area contributed by atoms with Crippen LogP contribution in [0.2, 0.25) is 0 Å². The lowest BCUT2D eigenvalue weighted by Gasteiger charge is -2.33. The van der Waals surface area contributed by atoms with Crippen LogP contribution in [0.25, 0.3) is 0 Å². The largest absolute Gasteiger partial charge is 0.497 e. The third-order valence-electron chi connectivity index (χ3n) is 6.58. The predicted octanol–water partition coefficient (Wildman–Crippen LogP) is 4.54. The third kappa shape index (κ3) is 8.00. The molecule has 0 aliphatic carbocycles. The Morgan fingerprint density at radius 3 is 1.88 bits per heavy atom. The lowest BCUT2D eigenvalue weighted by molar-refractivity contribution is -0.140. The minimum Gasteiger partial charge on any atom is -0.497 e. The molecule has 0 saturated heterocycles. The van der Waals surface area contributed by atoms with E-state index in [4.69, 9.17) is 9.47 Å². The van der Waals surface area contributed by atoms with Gasteiger partial charge in [-0.3, -0.25) is 13.9 Å². The van der Waals surface area contributed by atoms with Gasteiger partial charge < -0.3 is 19.7 Å². The van der Waals surface area contributed by atoms with E-state index in [1.807, 2.05) is 39.8 Å². The zero-order valence-corrected chi connectivity index (χ0v) is 25.3. The molecule has 0 fully saturated rings. The van der Waals surface area contributed by atoms with Crippen LogP contribution in [0.5, 0.6) is 11.5 Å². The molecule has 9 nitrogen and oxygen atoms in total. The molecular formula is C31H39N3O6S. The van der Waals surface area contributed by atoms with Gasteiger partial charge >= 0.3 is 0 Å². The van der Waals surface area contributed by atoms with Gasteiger partial charge in [0, 0.05) is 12.6 Å². The zero-order valence-electron chi connectivity index (χ0n) is 24.5. The number of rotatable bonds is 13. The van der Waals surface area contributed by atoms with E-state index in [0.717, 1.165) is 15.4 Å². The topological polar surface area (TPSA) is 105 Å². The number of sulfonamides is 1. The van der Waals surface area contributed by atoms with Crippen molar-refractivity contribution in [1.82, 2.24) is 10.2 Å². The number of carbonyl (C=O) groups excluding carboxylic acids is 2. The number of methoxy groups -OCH3 is 2. The molecule has 220 valence electrons. The Morgan fingerprint density at radius 1 is 0.854 bits per heavy atom. The number of amides is 2. The van der Waals surface area contributed by atoms with E-state index in [9.17, 15) is 18.0 Å². The molecule has 0 spiro atoms. The van der Waals surface area contributed by atoms with E-state index in [1.165, 1.54) is 24.1 Å². The second-order valence-electron chi connectivity index (χ2n) is 9.98. The summed E-state index contributed by atoms with van der Waals surface area (Å²) >= 11 is 0. The van der Waals surface area contributed by atoms with Crippen molar-refractivity contribution in [2.24, 2.45) is 0 Å². The lowest BCUT2D eigenvalue weighted by atomic mass is 10.1. The van der Waals surface area contributed by atoms with Crippen LogP contribution in [0.1, 0.15) is 38.3 Å². The first kappa shape index (κ1) is 31.5. The molecule has 3 aromatic rings. The highest BCUT2D eigenvalue weighted by atomic mass is 32.2. The van der Waals surface area contributed by atoms with E-state index < -0.39 is 28.5 Å². The maximum atomic E-state index is 14.1. The van der Waals surface area contributed by atoms with Gasteiger partial charge in [0.25, 0.3) is 10.0 Å². The highest BCUT2D eigenvalue weighted by Crippen LogP contribution is 2.26. The number of benzene rings is 3. The van der Waals surface area contributed by atoms with Crippen molar-refractivity contribution in [1.29, 1.82) is 0 Å². The summed E-state index contributed by atoms with van der Waals surface area (Å²) in [4.78, 5) is 28.8. The molecule has 41 heavy (non-hydrogen) atoms. The molecule has 1 atom stereocenters. The highest BCUT2D eigenvalue weighted by molar-refractivity contribution is 7.92. The molecule has 0 bridgehead atoms. The number of ether oxygens (including phenoxy) is 2. The summed E-state index contributed by atoms with van der Waals surface area (Å²) in [5.74, 6) is 0.357. The van der Waals surface area contributed by atoms with Gasteiger partial charge in [0.2, 0.25) is 11.8 Å². The number of nitrogens with one attached hydrogen (secondary N) is 1. The third-order valence-corrected chi connectivity index (χ3v) is 8.37. The SMILES string of the molecule is CCC(C(=O)NC(C)C)N(Cc1ccc(OC)cc1)C(=O)CN(c1ccc(C)cc1)S(=O)(=O)c1ccc(OC)cc1. The van der Waals surface area contributed by atoms with E-state index >= 15 is 0 Å². The Hall–Kier alpha value is -4.05. The van der Waals surface area contributed by atoms with Crippen LogP contribution in [0.15, 0.2) is 77.7 Å². The summed E-state index contributed by atoms with van der Waals surface area (Å²) in [6, 6.07) is 19.2. The fraction of sp³-hybridized carbons (Fsp3) is 0.355. The van der Waals surface area contributed by atoms with Crippen LogP contribution in [0.3, 0.4) is 0 Å². The molecule has 0 aliphatic rings. The molecule has 0 aliphatic heterocycles. The number of nitrogens with zero attached hydrogens (tertiary/aromatic N) is 2. The maximum absolute atomic E-state index is 14.1. The summed E-state index contributed by atoms with van der Waals surface area (Å²) in [7, 11) is -1.10. The van der Waals surface area contributed by atoms with Crippen molar-refractivity contribution < 1.29 is 27.5 Å². The first-order valence-corrected chi connectivity index (χ1v) is 14.9. The highest BCUT2D eigenvalue weighted by Gasteiger charge is 2.33. The van der Waals surface area contributed by atoms with Crippen molar-refractivity contribution in [2.75, 3.05) is 25.1 Å². The number of hydrogen-bond acceptors (Lipinski definition) is 6. The van der Waals surface area contributed by atoms with Gasteiger partial charge in [-0.1, -0.05) is 36.8 Å². The van der Waals surface area contributed by atoms with Gasteiger partial charge in [0.05, 0.1) is 24.8 Å². The average molecular weight is 582 g/mol. The van der Waals surface area contributed by atoms with E-state index in [1.54, 1.807) is 55.6 Å². The van der Waals surface area contributed by atoms with Gasteiger partial charge in [0.1, 0.15) is 24.1 Å². The van der Waals surface area contributed by atoms with Crippen LogP contribution < -0.4 is 19.1 Å². The summed E-state index contributed by atoms with van der Waals surface area (Å²) < 4.78 is 39.4. The Bertz CT molecular complexity index is 1410. The molecule has 0 radical (unpaired) electrons. The van der Waals surface area contributed by atoms with Crippen molar-refractivity contribution >= 4 is 27.5 Å². The Kier molecular flexibility index (Phi) is 10.8. The molecule has 0 heterocycles. The fourth-order valence-corrected chi connectivity index (χ4v) is 5.76. The van der Waals surface area contributed by atoms with Crippen molar-refractivity contribution in [3.8, 4) is 11.5 Å². The van der Waals surface area contributed by atoms with Gasteiger partial charge in [-0.15, -0.1) is 0 Å².